The molecule has 0 heterocycles. The maximum absolute atomic E-state index is 12.8. The molecule has 1 aromatic carbocycles. The van der Waals surface area contributed by atoms with E-state index in [1.54, 1.807) is 13.2 Å². The number of carbonyl (C=O) groups is 1. The Kier molecular flexibility index (Phi) is 4.93. The Hall–Kier alpha value is -1.26. The van der Waals surface area contributed by atoms with Crippen LogP contribution < -0.4 is 5.32 Å². The van der Waals surface area contributed by atoms with Crippen LogP contribution in [-0.4, -0.2) is 32.6 Å². The highest BCUT2D eigenvalue weighted by molar-refractivity contribution is 5.97. The van der Waals surface area contributed by atoms with Crippen molar-refractivity contribution in [3.8, 4) is 0 Å². The van der Waals surface area contributed by atoms with Crippen molar-refractivity contribution < 1.29 is 13.9 Å². The van der Waals surface area contributed by atoms with E-state index >= 15 is 0 Å². The van der Waals surface area contributed by atoms with Gasteiger partial charge in [0.2, 0.25) is 0 Å². The summed E-state index contributed by atoms with van der Waals surface area (Å²) in [5.41, 5.74) is 0.389. The van der Waals surface area contributed by atoms with Crippen molar-refractivity contribution in [2.24, 2.45) is 0 Å². The Morgan fingerprint density at radius 1 is 1.53 bits per heavy atom. The lowest BCUT2D eigenvalue weighted by atomic mass is 10.1. The lowest BCUT2D eigenvalue weighted by molar-refractivity contribution is 0.0987. The third kappa shape index (κ3) is 4.18. The Balaban J connectivity index is 2.40. The molecule has 0 saturated carbocycles. The van der Waals surface area contributed by atoms with E-state index in [9.17, 15) is 9.18 Å². The number of carbonyl (C=O) groups excluding carboxylic acids is 1. The van der Waals surface area contributed by atoms with Crippen LogP contribution in [0.5, 0.6) is 0 Å². The first-order valence-corrected chi connectivity index (χ1v) is 4.72. The van der Waals surface area contributed by atoms with Gasteiger partial charge in [-0.05, 0) is 12.1 Å². The Morgan fingerprint density at radius 2 is 2.33 bits per heavy atom. The monoisotopic (exact) mass is 211 g/mol. The van der Waals surface area contributed by atoms with Gasteiger partial charge in [-0.3, -0.25) is 4.79 Å². The van der Waals surface area contributed by atoms with Crippen LogP contribution in [0.15, 0.2) is 24.3 Å². The lowest BCUT2D eigenvalue weighted by Crippen LogP contribution is -2.26. The highest BCUT2D eigenvalue weighted by atomic mass is 19.1. The lowest BCUT2D eigenvalue weighted by Gasteiger charge is -2.03. The smallest absolute Gasteiger partial charge is 0.176 e. The first kappa shape index (κ1) is 11.8. The molecule has 0 saturated heterocycles. The van der Waals surface area contributed by atoms with Gasteiger partial charge in [0, 0.05) is 19.2 Å². The van der Waals surface area contributed by atoms with Crippen LogP contribution in [-0.2, 0) is 4.74 Å². The average Bonchev–Trinajstić information content (AvgIpc) is 2.24. The summed E-state index contributed by atoms with van der Waals surface area (Å²) in [6.07, 6.45) is 0. The second-order valence-electron chi connectivity index (χ2n) is 3.10. The summed E-state index contributed by atoms with van der Waals surface area (Å²) in [6.45, 7) is 1.36. The Morgan fingerprint density at radius 3 is 3.00 bits per heavy atom. The third-order valence-corrected chi connectivity index (χ3v) is 1.92. The van der Waals surface area contributed by atoms with E-state index in [-0.39, 0.29) is 12.3 Å². The normalized spacial score (nSPS) is 10.3. The van der Waals surface area contributed by atoms with Crippen LogP contribution in [0.4, 0.5) is 4.39 Å². The van der Waals surface area contributed by atoms with Gasteiger partial charge in [0.05, 0.1) is 13.2 Å². The van der Waals surface area contributed by atoms with Gasteiger partial charge in [0.15, 0.2) is 5.78 Å². The number of benzene rings is 1. The zero-order valence-electron chi connectivity index (χ0n) is 8.63. The van der Waals surface area contributed by atoms with Crippen molar-refractivity contribution >= 4 is 5.78 Å². The number of hydrogen-bond donors (Lipinski definition) is 1. The van der Waals surface area contributed by atoms with Crippen molar-refractivity contribution in [2.75, 3.05) is 26.8 Å². The van der Waals surface area contributed by atoms with Gasteiger partial charge in [-0.15, -0.1) is 0 Å². The van der Waals surface area contributed by atoms with Crippen LogP contribution in [0.2, 0.25) is 0 Å². The van der Waals surface area contributed by atoms with Gasteiger partial charge in [-0.1, -0.05) is 12.1 Å². The van der Waals surface area contributed by atoms with E-state index in [4.69, 9.17) is 4.74 Å². The molecule has 82 valence electrons. The van der Waals surface area contributed by atoms with Crippen molar-refractivity contribution in [2.45, 2.75) is 0 Å². The van der Waals surface area contributed by atoms with E-state index in [0.29, 0.717) is 18.7 Å². The second-order valence-corrected chi connectivity index (χ2v) is 3.10. The van der Waals surface area contributed by atoms with Gasteiger partial charge >= 0.3 is 0 Å². The standard InChI is InChI=1S/C11H14FNO2/c1-15-6-5-13-8-11(14)9-3-2-4-10(12)7-9/h2-4,7,13H,5-6,8H2,1H3. The van der Waals surface area contributed by atoms with E-state index in [2.05, 4.69) is 5.32 Å². The molecule has 0 unspecified atom stereocenters. The Labute approximate surface area is 88.2 Å². The van der Waals surface area contributed by atoms with Gasteiger partial charge in [0.1, 0.15) is 5.82 Å². The van der Waals surface area contributed by atoms with Crippen LogP contribution in [0.3, 0.4) is 0 Å². The van der Waals surface area contributed by atoms with Crippen LogP contribution in [0.25, 0.3) is 0 Å². The van der Waals surface area contributed by atoms with Crippen molar-refractivity contribution in [1.82, 2.24) is 5.32 Å². The quantitative estimate of drug-likeness (QED) is 0.568. The SMILES string of the molecule is COCCNCC(=O)c1cccc(F)c1. The number of rotatable bonds is 6. The second kappa shape index (κ2) is 6.27. The predicted octanol–water partition coefficient (Wildman–Crippen LogP) is 1.24. The number of ketones is 1. The third-order valence-electron chi connectivity index (χ3n) is 1.92. The van der Waals surface area contributed by atoms with Crippen LogP contribution in [0, 0.1) is 5.82 Å². The first-order chi connectivity index (χ1) is 7.24. The summed E-state index contributed by atoms with van der Waals surface area (Å²) in [5, 5.41) is 2.91. The summed E-state index contributed by atoms with van der Waals surface area (Å²) in [5.74, 6) is -0.511. The van der Waals surface area contributed by atoms with Gasteiger partial charge in [0.25, 0.3) is 0 Å². The molecule has 4 heteroatoms. The van der Waals surface area contributed by atoms with Gasteiger partial charge in [-0.25, -0.2) is 4.39 Å². The number of ether oxygens (including phenoxy) is 1. The molecule has 0 aliphatic carbocycles. The summed E-state index contributed by atoms with van der Waals surface area (Å²) in [4.78, 5) is 11.5. The number of nitrogens with one attached hydrogen (secondary N) is 1. The zero-order chi connectivity index (χ0) is 11.1. The number of methoxy groups -OCH3 is 1. The van der Waals surface area contributed by atoms with Gasteiger partial charge in [-0.2, -0.15) is 0 Å². The van der Waals surface area contributed by atoms with Crippen molar-refractivity contribution in [1.29, 1.82) is 0 Å². The molecule has 15 heavy (non-hydrogen) atoms. The van der Waals surface area contributed by atoms with Crippen LogP contribution >= 0.6 is 0 Å². The molecular weight excluding hydrogens is 197 g/mol. The molecule has 0 fully saturated rings. The molecule has 0 aromatic heterocycles. The molecule has 0 aliphatic rings. The molecule has 0 spiro atoms. The highest BCUT2D eigenvalue weighted by Gasteiger charge is 2.05. The number of hydrogen-bond acceptors (Lipinski definition) is 3. The predicted molar refractivity (Wildman–Crippen MR) is 55.5 cm³/mol. The molecule has 0 aliphatic heterocycles. The minimum atomic E-state index is -0.391. The zero-order valence-corrected chi connectivity index (χ0v) is 8.63. The molecule has 3 nitrogen and oxygen atoms in total. The van der Waals surface area contributed by atoms with E-state index < -0.39 is 5.82 Å². The molecule has 1 rings (SSSR count). The summed E-state index contributed by atoms with van der Waals surface area (Å²) >= 11 is 0. The molecule has 0 radical (unpaired) electrons. The molecule has 1 aromatic rings. The molecule has 0 bridgehead atoms. The van der Waals surface area contributed by atoms with Crippen molar-refractivity contribution in [3.63, 3.8) is 0 Å². The first-order valence-electron chi connectivity index (χ1n) is 4.72. The van der Waals surface area contributed by atoms with E-state index in [1.165, 1.54) is 18.2 Å². The highest BCUT2D eigenvalue weighted by Crippen LogP contribution is 2.03. The fraction of sp³-hybridized carbons (Fsp3) is 0.364. The maximum atomic E-state index is 12.8. The van der Waals surface area contributed by atoms with E-state index in [0.717, 1.165) is 0 Å². The fourth-order valence-corrected chi connectivity index (χ4v) is 1.14. The number of Topliss-reactive ketones (excluding diaryl/α,β-unsaturated/α-hetero) is 1. The maximum Gasteiger partial charge on any atom is 0.176 e. The molecule has 1 N–H and O–H groups in total. The van der Waals surface area contributed by atoms with Crippen molar-refractivity contribution in [3.05, 3.63) is 35.6 Å². The number of halogens is 1. The van der Waals surface area contributed by atoms with Crippen LogP contribution in [0.1, 0.15) is 10.4 Å². The minimum absolute atomic E-state index is 0.120. The molecule has 0 amide bonds. The summed E-state index contributed by atoms with van der Waals surface area (Å²) in [7, 11) is 1.59. The minimum Gasteiger partial charge on any atom is -0.383 e. The van der Waals surface area contributed by atoms with Gasteiger partial charge < -0.3 is 10.1 Å². The molecular formula is C11H14FNO2. The average molecular weight is 211 g/mol. The fourth-order valence-electron chi connectivity index (χ4n) is 1.14. The Bertz CT molecular complexity index is 328. The largest absolute Gasteiger partial charge is 0.383 e. The summed E-state index contributed by atoms with van der Waals surface area (Å²) in [6, 6.07) is 5.68. The summed E-state index contributed by atoms with van der Waals surface area (Å²) < 4.78 is 17.6. The topological polar surface area (TPSA) is 38.3 Å². The molecule has 0 atom stereocenters. The van der Waals surface area contributed by atoms with E-state index in [1.807, 2.05) is 0 Å².